The van der Waals surface area contributed by atoms with Crippen LogP contribution in [0.4, 0.5) is 5.69 Å². The summed E-state index contributed by atoms with van der Waals surface area (Å²) in [4.78, 5) is 23.4. The van der Waals surface area contributed by atoms with Crippen molar-refractivity contribution in [2.24, 2.45) is 0 Å². The van der Waals surface area contributed by atoms with Gasteiger partial charge in [0.1, 0.15) is 5.52 Å². The molecule has 1 amide bonds. The highest BCUT2D eigenvalue weighted by Crippen LogP contribution is 2.34. The summed E-state index contributed by atoms with van der Waals surface area (Å²) in [7, 11) is 0. The molecule has 0 spiro atoms. The Balaban J connectivity index is 1.37. The van der Waals surface area contributed by atoms with Gasteiger partial charge in [0.2, 0.25) is 0 Å². The minimum Gasteiger partial charge on any atom is -0.440 e. The highest BCUT2D eigenvalue weighted by Gasteiger charge is 2.30. The number of nitrogens with zero attached hydrogens (tertiary/aromatic N) is 3. The van der Waals surface area contributed by atoms with E-state index in [1.807, 2.05) is 30.3 Å². The molecule has 6 nitrogen and oxygen atoms in total. The molecular weight excluding hydrogens is 316 g/mol. The molecule has 1 fully saturated rings. The Morgan fingerprint density at radius 3 is 2.84 bits per heavy atom. The monoisotopic (exact) mass is 334 g/mol. The van der Waals surface area contributed by atoms with Crippen LogP contribution < -0.4 is 10.2 Å². The van der Waals surface area contributed by atoms with E-state index >= 15 is 0 Å². The maximum Gasteiger partial charge on any atom is 0.255 e. The van der Waals surface area contributed by atoms with Gasteiger partial charge in [0.15, 0.2) is 11.5 Å². The maximum atomic E-state index is 12.1. The van der Waals surface area contributed by atoms with Gasteiger partial charge >= 0.3 is 0 Å². The minimum absolute atomic E-state index is 0.0147. The van der Waals surface area contributed by atoms with E-state index in [1.165, 1.54) is 0 Å². The number of para-hydroxylation sites is 2. The molecule has 3 aromatic rings. The van der Waals surface area contributed by atoms with E-state index in [0.717, 1.165) is 59.9 Å². The van der Waals surface area contributed by atoms with Crippen molar-refractivity contribution < 1.29 is 9.21 Å². The fraction of sp³-hybridized carbons (Fsp3) is 0.316. The van der Waals surface area contributed by atoms with Crippen LogP contribution in [0, 0.1) is 0 Å². The normalized spacial score (nSPS) is 17.8. The van der Waals surface area contributed by atoms with Crippen LogP contribution in [0.1, 0.15) is 40.7 Å². The van der Waals surface area contributed by atoms with Gasteiger partial charge in [-0.2, -0.15) is 0 Å². The van der Waals surface area contributed by atoms with Gasteiger partial charge in [0.25, 0.3) is 5.91 Å². The second-order valence-corrected chi connectivity index (χ2v) is 6.62. The Kier molecular flexibility index (Phi) is 3.23. The third-order valence-electron chi connectivity index (χ3n) is 5.15. The molecule has 2 aliphatic heterocycles. The van der Waals surface area contributed by atoms with Gasteiger partial charge in [0, 0.05) is 25.2 Å². The molecule has 0 atom stereocenters. The maximum absolute atomic E-state index is 12.1. The molecule has 0 aliphatic carbocycles. The summed E-state index contributed by atoms with van der Waals surface area (Å²) in [6.45, 7) is 2.29. The van der Waals surface area contributed by atoms with E-state index in [4.69, 9.17) is 4.42 Å². The lowest BCUT2D eigenvalue weighted by Crippen LogP contribution is -2.34. The van der Waals surface area contributed by atoms with Crippen molar-refractivity contribution in [1.82, 2.24) is 15.3 Å². The smallest absolute Gasteiger partial charge is 0.255 e. The average molecular weight is 334 g/mol. The number of fused-ring (bicyclic) bond motifs is 2. The van der Waals surface area contributed by atoms with Crippen LogP contribution in [0.3, 0.4) is 0 Å². The number of hydrogen-bond acceptors (Lipinski definition) is 5. The fourth-order valence-corrected chi connectivity index (χ4v) is 3.82. The average Bonchev–Trinajstić information content (AvgIpc) is 3.26. The largest absolute Gasteiger partial charge is 0.440 e. The molecular formula is C19H18N4O2. The minimum atomic E-state index is -0.0147. The second-order valence-electron chi connectivity index (χ2n) is 6.62. The number of carbonyl (C=O) groups is 1. The van der Waals surface area contributed by atoms with Crippen molar-refractivity contribution in [2.75, 3.05) is 18.0 Å². The first-order valence-corrected chi connectivity index (χ1v) is 8.66. The Bertz CT molecular complexity index is 924. The molecule has 2 aliphatic rings. The molecule has 25 heavy (non-hydrogen) atoms. The number of pyridine rings is 1. The standard InChI is InChI=1S/C19H18N4O2/c24-18-17-14(11-21-18)20-8-5-15(17)23-9-6-12(7-10-23)19-22-13-3-1-2-4-16(13)25-19/h1-5,8,12H,6-7,9-11H2,(H,21,24). The van der Waals surface area contributed by atoms with Crippen molar-refractivity contribution in [2.45, 2.75) is 25.3 Å². The Hall–Kier alpha value is -2.89. The van der Waals surface area contributed by atoms with Crippen molar-refractivity contribution in [3.63, 3.8) is 0 Å². The lowest BCUT2D eigenvalue weighted by Gasteiger charge is -2.33. The summed E-state index contributed by atoms with van der Waals surface area (Å²) in [5.74, 6) is 1.14. The molecule has 6 heteroatoms. The SMILES string of the molecule is O=C1NCc2nccc(N3CCC(c4nc5ccccc5o4)CC3)c21. The first kappa shape index (κ1) is 14.5. The fourth-order valence-electron chi connectivity index (χ4n) is 3.82. The van der Waals surface area contributed by atoms with Crippen molar-refractivity contribution in [3.05, 3.63) is 53.7 Å². The van der Waals surface area contributed by atoms with Gasteiger partial charge in [-0.15, -0.1) is 0 Å². The van der Waals surface area contributed by atoms with E-state index in [0.29, 0.717) is 12.5 Å². The van der Waals surface area contributed by atoms with Crippen LogP contribution in [0.15, 0.2) is 40.9 Å². The molecule has 1 aromatic carbocycles. The lowest BCUT2D eigenvalue weighted by atomic mass is 9.96. The first-order chi connectivity index (χ1) is 12.3. The zero-order valence-electron chi connectivity index (χ0n) is 13.7. The van der Waals surface area contributed by atoms with Crippen LogP contribution in [0.25, 0.3) is 11.1 Å². The number of amides is 1. The number of benzene rings is 1. The van der Waals surface area contributed by atoms with E-state index in [-0.39, 0.29) is 5.91 Å². The van der Waals surface area contributed by atoms with E-state index in [1.54, 1.807) is 6.20 Å². The Morgan fingerprint density at radius 2 is 2.00 bits per heavy atom. The molecule has 0 saturated carbocycles. The molecule has 1 saturated heterocycles. The van der Waals surface area contributed by atoms with E-state index < -0.39 is 0 Å². The van der Waals surface area contributed by atoms with Crippen LogP contribution >= 0.6 is 0 Å². The third-order valence-corrected chi connectivity index (χ3v) is 5.15. The number of hydrogen-bond donors (Lipinski definition) is 1. The predicted molar refractivity (Wildman–Crippen MR) is 93.6 cm³/mol. The zero-order chi connectivity index (χ0) is 16.8. The second kappa shape index (κ2) is 5.58. The quantitative estimate of drug-likeness (QED) is 0.780. The Labute approximate surface area is 144 Å². The molecule has 4 heterocycles. The van der Waals surface area contributed by atoms with Crippen LogP contribution in [0.2, 0.25) is 0 Å². The van der Waals surface area contributed by atoms with Crippen LogP contribution in [-0.4, -0.2) is 29.0 Å². The zero-order valence-corrected chi connectivity index (χ0v) is 13.7. The summed E-state index contributed by atoms with van der Waals surface area (Å²) >= 11 is 0. The number of carbonyl (C=O) groups excluding carboxylic acids is 1. The van der Waals surface area contributed by atoms with E-state index in [9.17, 15) is 4.79 Å². The number of oxazole rings is 1. The van der Waals surface area contributed by atoms with Gasteiger partial charge < -0.3 is 14.6 Å². The lowest BCUT2D eigenvalue weighted by molar-refractivity contribution is 0.0966. The van der Waals surface area contributed by atoms with Crippen molar-refractivity contribution in [3.8, 4) is 0 Å². The number of rotatable bonds is 2. The molecule has 1 N–H and O–H groups in total. The molecule has 0 unspecified atom stereocenters. The molecule has 0 bridgehead atoms. The van der Waals surface area contributed by atoms with Gasteiger partial charge in [-0.1, -0.05) is 12.1 Å². The van der Waals surface area contributed by atoms with Gasteiger partial charge in [-0.3, -0.25) is 9.78 Å². The van der Waals surface area contributed by atoms with Crippen molar-refractivity contribution in [1.29, 1.82) is 0 Å². The number of anilines is 1. The van der Waals surface area contributed by atoms with Crippen LogP contribution in [0.5, 0.6) is 0 Å². The first-order valence-electron chi connectivity index (χ1n) is 8.66. The van der Waals surface area contributed by atoms with E-state index in [2.05, 4.69) is 20.2 Å². The van der Waals surface area contributed by atoms with Gasteiger partial charge in [-0.05, 0) is 31.0 Å². The summed E-state index contributed by atoms with van der Waals surface area (Å²) < 4.78 is 5.94. The summed E-state index contributed by atoms with van der Waals surface area (Å²) in [5, 5.41) is 2.86. The van der Waals surface area contributed by atoms with Gasteiger partial charge in [0.05, 0.1) is 23.5 Å². The third kappa shape index (κ3) is 2.36. The molecule has 2 aromatic heterocycles. The van der Waals surface area contributed by atoms with Crippen molar-refractivity contribution >= 4 is 22.7 Å². The summed E-state index contributed by atoms with van der Waals surface area (Å²) in [6, 6.07) is 9.83. The Morgan fingerprint density at radius 1 is 1.16 bits per heavy atom. The summed E-state index contributed by atoms with van der Waals surface area (Å²) in [6.07, 6.45) is 3.72. The highest BCUT2D eigenvalue weighted by atomic mass is 16.3. The predicted octanol–water partition coefficient (Wildman–Crippen LogP) is 2.85. The molecule has 5 rings (SSSR count). The highest BCUT2D eigenvalue weighted by molar-refractivity contribution is 6.03. The number of aromatic nitrogens is 2. The number of nitrogens with one attached hydrogen (secondary N) is 1. The van der Waals surface area contributed by atoms with Gasteiger partial charge in [-0.25, -0.2) is 4.98 Å². The van der Waals surface area contributed by atoms with Crippen LogP contribution in [-0.2, 0) is 6.54 Å². The topological polar surface area (TPSA) is 71.3 Å². The number of piperidine rings is 1. The molecule has 126 valence electrons. The summed E-state index contributed by atoms with van der Waals surface area (Å²) in [5.41, 5.74) is 4.36. The molecule has 0 radical (unpaired) electrons.